The van der Waals surface area contributed by atoms with Crippen molar-refractivity contribution in [3.8, 4) is 0 Å². The number of carbonyl (C=O) groups excluding carboxylic acids is 1. The summed E-state index contributed by atoms with van der Waals surface area (Å²) in [6, 6.07) is 8.83. The standard InChI is InChI=1S/C14H14FNOS/c1-10-4-2-6-12(13(10)15)14(17)16-8-7-11-5-3-9-18-11/h2-6,9H,7-8H2,1H3,(H,16,17). The zero-order valence-electron chi connectivity index (χ0n) is 10.1. The Morgan fingerprint density at radius 3 is 2.89 bits per heavy atom. The summed E-state index contributed by atoms with van der Waals surface area (Å²) in [6.07, 6.45) is 0.775. The maximum absolute atomic E-state index is 13.7. The number of rotatable bonds is 4. The van der Waals surface area contributed by atoms with Gasteiger partial charge in [0, 0.05) is 11.4 Å². The Bertz CT molecular complexity index is 537. The van der Waals surface area contributed by atoms with Crippen LogP contribution in [0, 0.1) is 12.7 Å². The number of nitrogens with one attached hydrogen (secondary N) is 1. The Kier molecular flexibility index (Phi) is 4.10. The second-order valence-electron chi connectivity index (χ2n) is 4.02. The van der Waals surface area contributed by atoms with Crippen molar-refractivity contribution >= 4 is 17.2 Å². The summed E-state index contributed by atoms with van der Waals surface area (Å²) in [5.41, 5.74) is 0.599. The summed E-state index contributed by atoms with van der Waals surface area (Å²) in [7, 11) is 0. The van der Waals surface area contributed by atoms with Gasteiger partial charge in [-0.3, -0.25) is 4.79 Å². The average Bonchev–Trinajstić information content (AvgIpc) is 2.85. The van der Waals surface area contributed by atoms with E-state index in [1.807, 2.05) is 17.5 Å². The van der Waals surface area contributed by atoms with Crippen molar-refractivity contribution in [1.29, 1.82) is 0 Å². The van der Waals surface area contributed by atoms with Gasteiger partial charge in [-0.1, -0.05) is 18.2 Å². The maximum atomic E-state index is 13.7. The molecule has 0 unspecified atom stereocenters. The van der Waals surface area contributed by atoms with Crippen LogP contribution in [0.5, 0.6) is 0 Å². The minimum atomic E-state index is -0.439. The highest BCUT2D eigenvalue weighted by atomic mass is 32.1. The number of halogens is 1. The molecule has 2 nitrogen and oxygen atoms in total. The lowest BCUT2D eigenvalue weighted by Crippen LogP contribution is -2.26. The third-order valence-corrected chi connectivity index (χ3v) is 3.61. The molecule has 0 saturated carbocycles. The molecule has 1 aromatic carbocycles. The van der Waals surface area contributed by atoms with Crippen molar-refractivity contribution in [2.24, 2.45) is 0 Å². The van der Waals surface area contributed by atoms with E-state index in [1.54, 1.807) is 30.4 Å². The van der Waals surface area contributed by atoms with E-state index in [9.17, 15) is 9.18 Å². The first-order valence-corrected chi connectivity index (χ1v) is 6.62. The minimum Gasteiger partial charge on any atom is -0.352 e. The number of carbonyl (C=O) groups is 1. The first-order valence-electron chi connectivity index (χ1n) is 5.74. The van der Waals surface area contributed by atoms with E-state index in [-0.39, 0.29) is 11.5 Å². The van der Waals surface area contributed by atoms with E-state index in [4.69, 9.17) is 0 Å². The topological polar surface area (TPSA) is 29.1 Å². The van der Waals surface area contributed by atoms with Crippen molar-refractivity contribution in [3.05, 3.63) is 57.5 Å². The van der Waals surface area contributed by atoms with Crippen LogP contribution in [-0.4, -0.2) is 12.5 Å². The zero-order chi connectivity index (χ0) is 13.0. The highest BCUT2D eigenvalue weighted by molar-refractivity contribution is 7.09. The molecule has 0 saturated heterocycles. The molecule has 1 amide bonds. The predicted molar refractivity (Wildman–Crippen MR) is 71.5 cm³/mol. The normalized spacial score (nSPS) is 10.3. The summed E-state index contributed by atoms with van der Waals surface area (Å²) in [5.74, 6) is -0.793. The fourth-order valence-corrected chi connectivity index (χ4v) is 2.38. The Labute approximate surface area is 109 Å². The molecule has 0 bridgehead atoms. The van der Waals surface area contributed by atoms with E-state index in [0.29, 0.717) is 12.1 Å². The summed E-state index contributed by atoms with van der Waals surface area (Å²) >= 11 is 1.65. The van der Waals surface area contributed by atoms with Gasteiger partial charge in [-0.25, -0.2) is 4.39 Å². The number of thiophene rings is 1. The van der Waals surface area contributed by atoms with Crippen LogP contribution in [0.4, 0.5) is 4.39 Å². The summed E-state index contributed by atoms with van der Waals surface area (Å²) in [4.78, 5) is 13.0. The highest BCUT2D eigenvalue weighted by Gasteiger charge is 2.12. The lowest BCUT2D eigenvalue weighted by molar-refractivity contribution is 0.0950. The first-order chi connectivity index (χ1) is 8.68. The van der Waals surface area contributed by atoms with Crippen LogP contribution in [0.1, 0.15) is 20.8 Å². The van der Waals surface area contributed by atoms with Gasteiger partial charge in [0.05, 0.1) is 5.56 Å². The van der Waals surface area contributed by atoms with Crippen LogP contribution in [-0.2, 0) is 6.42 Å². The lowest BCUT2D eigenvalue weighted by Gasteiger charge is -2.06. The highest BCUT2D eigenvalue weighted by Crippen LogP contribution is 2.12. The predicted octanol–water partition coefficient (Wildman–Crippen LogP) is 3.17. The van der Waals surface area contributed by atoms with Gasteiger partial charge in [0.2, 0.25) is 0 Å². The van der Waals surface area contributed by atoms with E-state index in [2.05, 4.69) is 5.32 Å². The summed E-state index contributed by atoms with van der Waals surface area (Å²) in [6.45, 7) is 2.17. The summed E-state index contributed by atoms with van der Waals surface area (Å²) in [5, 5.41) is 4.73. The van der Waals surface area contributed by atoms with Crippen molar-refractivity contribution < 1.29 is 9.18 Å². The number of hydrogen-bond acceptors (Lipinski definition) is 2. The van der Waals surface area contributed by atoms with Gasteiger partial charge in [-0.05, 0) is 36.4 Å². The first kappa shape index (κ1) is 12.8. The van der Waals surface area contributed by atoms with Gasteiger partial charge in [-0.15, -0.1) is 11.3 Å². The van der Waals surface area contributed by atoms with Crippen molar-refractivity contribution in [1.82, 2.24) is 5.32 Å². The van der Waals surface area contributed by atoms with Crippen LogP contribution >= 0.6 is 11.3 Å². The smallest absolute Gasteiger partial charge is 0.254 e. The molecule has 94 valence electrons. The molecule has 0 aliphatic rings. The van der Waals surface area contributed by atoms with E-state index < -0.39 is 5.82 Å². The molecule has 0 atom stereocenters. The molecular formula is C14H14FNOS. The van der Waals surface area contributed by atoms with E-state index in [1.165, 1.54) is 10.9 Å². The van der Waals surface area contributed by atoms with Crippen LogP contribution < -0.4 is 5.32 Å². The molecule has 18 heavy (non-hydrogen) atoms. The Morgan fingerprint density at radius 2 is 2.17 bits per heavy atom. The SMILES string of the molecule is Cc1cccc(C(=O)NCCc2cccs2)c1F. The monoisotopic (exact) mass is 263 g/mol. The molecular weight excluding hydrogens is 249 g/mol. The molecule has 1 aromatic heterocycles. The molecule has 0 spiro atoms. The van der Waals surface area contributed by atoms with Crippen molar-refractivity contribution in [2.75, 3.05) is 6.54 Å². The number of aryl methyl sites for hydroxylation is 1. The third-order valence-electron chi connectivity index (χ3n) is 2.67. The van der Waals surface area contributed by atoms with Crippen molar-refractivity contribution in [3.63, 3.8) is 0 Å². The molecule has 1 N–H and O–H groups in total. The van der Waals surface area contributed by atoms with Crippen LogP contribution in [0.25, 0.3) is 0 Å². The molecule has 1 heterocycles. The Morgan fingerprint density at radius 1 is 1.33 bits per heavy atom. The Hall–Kier alpha value is -1.68. The van der Waals surface area contributed by atoms with Gasteiger partial charge in [-0.2, -0.15) is 0 Å². The van der Waals surface area contributed by atoms with Crippen LogP contribution in [0.15, 0.2) is 35.7 Å². The molecule has 0 aliphatic heterocycles. The second kappa shape index (κ2) is 5.78. The molecule has 0 radical (unpaired) electrons. The average molecular weight is 263 g/mol. The van der Waals surface area contributed by atoms with Gasteiger partial charge < -0.3 is 5.32 Å². The van der Waals surface area contributed by atoms with Gasteiger partial charge in [0.1, 0.15) is 5.82 Å². The Balaban J connectivity index is 1.93. The molecule has 2 aromatic rings. The third kappa shape index (κ3) is 2.96. The van der Waals surface area contributed by atoms with E-state index >= 15 is 0 Å². The van der Waals surface area contributed by atoms with Crippen LogP contribution in [0.2, 0.25) is 0 Å². The van der Waals surface area contributed by atoms with Gasteiger partial charge in [0.15, 0.2) is 0 Å². The second-order valence-corrected chi connectivity index (χ2v) is 5.05. The largest absolute Gasteiger partial charge is 0.352 e. The van der Waals surface area contributed by atoms with E-state index in [0.717, 1.165) is 6.42 Å². The number of amides is 1. The molecule has 0 aliphatic carbocycles. The van der Waals surface area contributed by atoms with Gasteiger partial charge >= 0.3 is 0 Å². The summed E-state index contributed by atoms with van der Waals surface area (Å²) < 4.78 is 13.7. The van der Waals surface area contributed by atoms with Crippen LogP contribution in [0.3, 0.4) is 0 Å². The fourth-order valence-electron chi connectivity index (χ4n) is 1.67. The quantitative estimate of drug-likeness (QED) is 0.902. The number of benzene rings is 1. The molecule has 2 rings (SSSR count). The van der Waals surface area contributed by atoms with Gasteiger partial charge in [0.25, 0.3) is 5.91 Å². The fraction of sp³-hybridized carbons (Fsp3) is 0.214. The maximum Gasteiger partial charge on any atom is 0.254 e. The van der Waals surface area contributed by atoms with Crippen molar-refractivity contribution in [2.45, 2.75) is 13.3 Å². The molecule has 4 heteroatoms. The lowest BCUT2D eigenvalue weighted by atomic mass is 10.1. The minimum absolute atomic E-state index is 0.112. The zero-order valence-corrected chi connectivity index (χ0v) is 10.9. The molecule has 0 fully saturated rings. The number of hydrogen-bond donors (Lipinski definition) is 1.